The lowest BCUT2D eigenvalue weighted by Crippen LogP contribution is -2.31. The number of nitrogens with zero attached hydrogens (tertiary/aromatic N) is 4. The zero-order chi connectivity index (χ0) is 16.2. The van der Waals surface area contributed by atoms with Crippen molar-refractivity contribution in [2.75, 3.05) is 26.8 Å². The number of aromatic nitrogens is 3. The van der Waals surface area contributed by atoms with Gasteiger partial charge in [-0.15, -0.1) is 0 Å². The van der Waals surface area contributed by atoms with Crippen LogP contribution in [0.3, 0.4) is 0 Å². The van der Waals surface area contributed by atoms with E-state index in [0.29, 0.717) is 5.92 Å². The topological polar surface area (TPSA) is 60.2 Å². The molecule has 0 unspecified atom stereocenters. The minimum absolute atomic E-state index is 0.0769. The van der Waals surface area contributed by atoms with Crippen LogP contribution in [0.15, 0.2) is 30.6 Å². The molecule has 3 heterocycles. The smallest absolute Gasteiger partial charge is 0.248 e. The number of amides is 1. The molecule has 3 rings (SSSR count). The summed E-state index contributed by atoms with van der Waals surface area (Å²) in [5, 5.41) is 4.23. The van der Waals surface area contributed by atoms with Gasteiger partial charge >= 0.3 is 0 Å². The molecule has 1 aliphatic rings. The van der Waals surface area contributed by atoms with E-state index in [0.717, 1.165) is 37.3 Å². The maximum atomic E-state index is 11.9. The molecule has 0 bridgehead atoms. The molecule has 1 fully saturated rings. The van der Waals surface area contributed by atoms with Crippen LogP contribution in [0.25, 0.3) is 11.4 Å². The van der Waals surface area contributed by atoms with Crippen molar-refractivity contribution >= 4 is 5.91 Å². The molecule has 0 aromatic carbocycles. The number of hydrogen-bond donors (Lipinski definition) is 0. The van der Waals surface area contributed by atoms with Gasteiger partial charge in [-0.05, 0) is 36.5 Å². The van der Waals surface area contributed by atoms with Gasteiger partial charge in [0.05, 0.1) is 11.4 Å². The Morgan fingerprint density at radius 2 is 2.26 bits per heavy atom. The molecule has 6 nitrogen and oxygen atoms in total. The summed E-state index contributed by atoms with van der Waals surface area (Å²) in [6.45, 7) is 1.77. The molecule has 0 saturated carbocycles. The number of likely N-dealkylation sites (tertiary alicyclic amines) is 1. The first kappa shape index (κ1) is 15.7. The maximum Gasteiger partial charge on any atom is 0.248 e. The highest BCUT2D eigenvalue weighted by atomic mass is 16.5. The number of aryl methyl sites for hydroxylation is 1. The monoisotopic (exact) mass is 314 g/mol. The Balaban J connectivity index is 1.72. The number of hydrogen-bond acceptors (Lipinski definition) is 4. The van der Waals surface area contributed by atoms with Crippen LogP contribution in [0.4, 0.5) is 0 Å². The highest BCUT2D eigenvalue weighted by molar-refractivity contribution is 5.77. The van der Waals surface area contributed by atoms with Crippen molar-refractivity contribution in [1.29, 1.82) is 0 Å². The summed E-state index contributed by atoms with van der Waals surface area (Å²) in [7, 11) is 3.48. The summed E-state index contributed by atoms with van der Waals surface area (Å²) >= 11 is 0. The number of rotatable bonds is 5. The summed E-state index contributed by atoms with van der Waals surface area (Å²) < 4.78 is 6.78. The van der Waals surface area contributed by atoms with Gasteiger partial charge < -0.3 is 9.64 Å². The number of methoxy groups -OCH3 is 1. The molecule has 6 heteroatoms. The summed E-state index contributed by atoms with van der Waals surface area (Å²) in [6.07, 6.45) is 5.55. The normalized spacial score (nSPS) is 17.7. The Bertz CT molecular complexity index is 683. The van der Waals surface area contributed by atoms with Crippen LogP contribution in [0, 0.1) is 5.92 Å². The Hall–Kier alpha value is -2.21. The summed E-state index contributed by atoms with van der Waals surface area (Å²) in [4.78, 5) is 18.4. The Kier molecular flexibility index (Phi) is 4.71. The van der Waals surface area contributed by atoms with Crippen molar-refractivity contribution < 1.29 is 9.53 Å². The van der Waals surface area contributed by atoms with Gasteiger partial charge in [-0.1, -0.05) is 6.07 Å². The predicted octanol–water partition coefficient (Wildman–Crippen LogP) is 1.52. The fraction of sp³-hybridized carbons (Fsp3) is 0.471. The van der Waals surface area contributed by atoms with Gasteiger partial charge in [0.25, 0.3) is 0 Å². The van der Waals surface area contributed by atoms with Crippen molar-refractivity contribution in [3.8, 4) is 11.4 Å². The van der Waals surface area contributed by atoms with Gasteiger partial charge in [-0.3, -0.25) is 14.5 Å². The molecule has 1 saturated heterocycles. The Morgan fingerprint density at radius 1 is 1.39 bits per heavy atom. The Morgan fingerprint density at radius 3 is 3.00 bits per heavy atom. The van der Waals surface area contributed by atoms with E-state index in [9.17, 15) is 4.79 Å². The van der Waals surface area contributed by atoms with Gasteiger partial charge in [-0.25, -0.2) is 0 Å². The van der Waals surface area contributed by atoms with E-state index in [2.05, 4.69) is 16.1 Å². The molecular weight excluding hydrogens is 292 g/mol. The zero-order valence-corrected chi connectivity index (χ0v) is 13.6. The molecule has 0 spiro atoms. The van der Waals surface area contributed by atoms with Gasteiger partial charge in [0, 0.05) is 39.6 Å². The number of pyridine rings is 1. The van der Waals surface area contributed by atoms with Crippen LogP contribution in [0.5, 0.6) is 0 Å². The minimum atomic E-state index is 0.0769. The third kappa shape index (κ3) is 3.42. The molecule has 2 aromatic heterocycles. The van der Waals surface area contributed by atoms with E-state index < -0.39 is 0 Å². The average molecular weight is 314 g/mol. The summed E-state index contributed by atoms with van der Waals surface area (Å²) in [5.41, 5.74) is 3.21. The largest absolute Gasteiger partial charge is 0.375 e. The predicted molar refractivity (Wildman–Crippen MR) is 86.7 cm³/mol. The first-order valence-corrected chi connectivity index (χ1v) is 7.88. The van der Waals surface area contributed by atoms with E-state index in [1.165, 1.54) is 5.56 Å². The second kappa shape index (κ2) is 6.91. The van der Waals surface area contributed by atoms with Crippen LogP contribution in [-0.4, -0.2) is 52.4 Å². The van der Waals surface area contributed by atoms with Crippen LogP contribution in [0.2, 0.25) is 0 Å². The second-order valence-electron chi connectivity index (χ2n) is 5.98. The third-order valence-electron chi connectivity index (χ3n) is 4.37. The van der Waals surface area contributed by atoms with Crippen LogP contribution < -0.4 is 0 Å². The van der Waals surface area contributed by atoms with E-state index >= 15 is 0 Å². The third-order valence-corrected chi connectivity index (χ3v) is 4.37. The van der Waals surface area contributed by atoms with Gasteiger partial charge in [0.15, 0.2) is 0 Å². The van der Waals surface area contributed by atoms with E-state index in [-0.39, 0.29) is 12.5 Å². The number of carbonyl (C=O) groups excluding carboxylic acids is 1. The Labute approximate surface area is 136 Å². The summed E-state index contributed by atoms with van der Waals surface area (Å²) in [6, 6.07) is 6.07. The van der Waals surface area contributed by atoms with Crippen molar-refractivity contribution in [1.82, 2.24) is 19.7 Å². The van der Waals surface area contributed by atoms with Gasteiger partial charge in [-0.2, -0.15) is 5.10 Å². The van der Waals surface area contributed by atoms with Gasteiger partial charge in [0.1, 0.15) is 6.61 Å². The molecule has 2 aromatic rings. The first-order valence-electron chi connectivity index (χ1n) is 7.88. The number of carbonyl (C=O) groups is 1. The van der Waals surface area contributed by atoms with E-state index in [4.69, 9.17) is 4.74 Å². The average Bonchev–Trinajstić information content (AvgIpc) is 3.17. The molecule has 1 aliphatic heterocycles. The highest BCUT2D eigenvalue weighted by Crippen LogP contribution is 2.26. The maximum absolute atomic E-state index is 11.9. The minimum Gasteiger partial charge on any atom is -0.375 e. The zero-order valence-electron chi connectivity index (χ0n) is 13.6. The lowest BCUT2D eigenvalue weighted by Gasteiger charge is -2.16. The second-order valence-corrected chi connectivity index (χ2v) is 5.98. The molecule has 1 atom stereocenters. The fourth-order valence-corrected chi connectivity index (χ4v) is 3.19. The lowest BCUT2D eigenvalue weighted by atomic mass is 9.96. The number of ether oxygens (including phenoxy) is 1. The summed E-state index contributed by atoms with van der Waals surface area (Å²) in [5.74, 6) is 0.542. The van der Waals surface area contributed by atoms with Crippen LogP contribution in [0.1, 0.15) is 12.0 Å². The highest BCUT2D eigenvalue weighted by Gasteiger charge is 2.27. The van der Waals surface area contributed by atoms with Gasteiger partial charge in [0.2, 0.25) is 5.91 Å². The fourth-order valence-electron chi connectivity index (χ4n) is 3.19. The van der Waals surface area contributed by atoms with Crippen molar-refractivity contribution in [3.63, 3.8) is 0 Å². The molecular formula is C17H22N4O2. The molecule has 0 aliphatic carbocycles. The van der Waals surface area contributed by atoms with E-state index in [1.54, 1.807) is 13.3 Å². The quantitative estimate of drug-likeness (QED) is 0.839. The van der Waals surface area contributed by atoms with E-state index in [1.807, 2.05) is 35.0 Å². The SMILES string of the molecule is COCC(=O)N1CC[C@H](Cc2cccnc2-c2ccnn2C)C1. The molecule has 122 valence electrons. The van der Waals surface area contributed by atoms with Crippen LogP contribution in [-0.2, 0) is 23.0 Å². The van der Waals surface area contributed by atoms with Crippen molar-refractivity contribution in [2.45, 2.75) is 12.8 Å². The van der Waals surface area contributed by atoms with Crippen LogP contribution >= 0.6 is 0 Å². The standard InChI is InChI=1S/C17H22N4O2/c1-20-15(5-8-19-20)17-14(4-3-7-18-17)10-13-6-9-21(11-13)16(22)12-23-2/h3-5,7-8,13H,6,9-12H2,1-2H3/t13-/m1/s1. The van der Waals surface area contributed by atoms with Crippen molar-refractivity contribution in [2.24, 2.45) is 13.0 Å². The molecule has 23 heavy (non-hydrogen) atoms. The first-order chi connectivity index (χ1) is 11.2. The molecule has 0 radical (unpaired) electrons. The van der Waals surface area contributed by atoms with Crippen molar-refractivity contribution in [3.05, 3.63) is 36.2 Å². The lowest BCUT2D eigenvalue weighted by molar-refractivity contribution is -0.134. The molecule has 0 N–H and O–H groups in total. The molecule has 1 amide bonds.